The summed E-state index contributed by atoms with van der Waals surface area (Å²) in [6.07, 6.45) is 2.30. The summed E-state index contributed by atoms with van der Waals surface area (Å²) in [5.41, 5.74) is -0.790. The number of hydrogen-bond donors (Lipinski definition) is 2. The molecule has 10 nitrogen and oxygen atoms in total. The third-order valence-corrected chi connectivity index (χ3v) is 2.56. The number of carbonyl (C=O) groups is 2. The Morgan fingerprint density at radius 1 is 1.48 bits per heavy atom. The van der Waals surface area contributed by atoms with E-state index >= 15 is 0 Å². The molecule has 0 radical (unpaired) electrons. The molecule has 0 bridgehead atoms. The Morgan fingerprint density at radius 3 is 2.76 bits per heavy atom. The monoisotopic (exact) mass is 291 g/mol. The van der Waals surface area contributed by atoms with Gasteiger partial charge in [-0.25, -0.2) is 14.5 Å². The molecule has 0 atom stereocenters. The molecule has 0 aromatic carbocycles. The lowest BCUT2D eigenvalue weighted by molar-refractivity contribution is -0.385. The highest BCUT2D eigenvalue weighted by molar-refractivity contribution is 5.92. The van der Waals surface area contributed by atoms with Crippen molar-refractivity contribution in [3.05, 3.63) is 45.9 Å². The number of carbonyl (C=O) groups excluding carboxylic acids is 1. The second-order valence-electron chi connectivity index (χ2n) is 3.85. The molecule has 108 valence electrons. The number of amides is 1. The minimum atomic E-state index is -1.33. The fourth-order valence-corrected chi connectivity index (χ4v) is 1.56. The summed E-state index contributed by atoms with van der Waals surface area (Å²) < 4.78 is 1.04. The highest BCUT2D eigenvalue weighted by Crippen LogP contribution is 2.21. The van der Waals surface area contributed by atoms with Crippen molar-refractivity contribution < 1.29 is 19.6 Å². The summed E-state index contributed by atoms with van der Waals surface area (Å²) in [5.74, 6) is -1.97. The molecular formula is C11H9N5O5. The average Bonchev–Trinajstić information content (AvgIpc) is 2.95. The summed E-state index contributed by atoms with van der Waals surface area (Å²) in [7, 11) is 1.42. The van der Waals surface area contributed by atoms with Gasteiger partial charge in [-0.15, -0.1) is 0 Å². The summed E-state index contributed by atoms with van der Waals surface area (Å²) in [6, 6.07) is 2.24. The van der Waals surface area contributed by atoms with Crippen molar-refractivity contribution in [2.24, 2.45) is 0 Å². The fourth-order valence-electron chi connectivity index (χ4n) is 1.56. The predicted octanol–water partition coefficient (Wildman–Crippen LogP) is 0.233. The van der Waals surface area contributed by atoms with E-state index in [1.54, 1.807) is 0 Å². The Morgan fingerprint density at radius 2 is 2.19 bits per heavy atom. The molecule has 0 aliphatic carbocycles. The van der Waals surface area contributed by atoms with Crippen molar-refractivity contribution in [1.29, 1.82) is 0 Å². The zero-order chi connectivity index (χ0) is 15.6. The van der Waals surface area contributed by atoms with Crippen LogP contribution in [0.1, 0.15) is 20.8 Å². The minimum Gasteiger partial charge on any atom is -0.478 e. The van der Waals surface area contributed by atoms with Crippen LogP contribution < -0.4 is 5.32 Å². The SMILES string of the molecule is CNC(=O)c1ccn(-c2ncc(C(=O)O)cc2[N+](=O)[O-])n1. The van der Waals surface area contributed by atoms with E-state index in [1.807, 2.05) is 0 Å². The molecule has 10 heteroatoms. The third kappa shape index (κ3) is 2.68. The number of carboxylic acids is 1. The Kier molecular flexibility index (Phi) is 3.61. The third-order valence-electron chi connectivity index (χ3n) is 2.56. The first kappa shape index (κ1) is 14.1. The molecule has 0 saturated carbocycles. The fraction of sp³-hybridized carbons (Fsp3) is 0.0909. The van der Waals surface area contributed by atoms with Crippen LogP contribution in [0.25, 0.3) is 5.82 Å². The van der Waals surface area contributed by atoms with Gasteiger partial charge in [0.2, 0.25) is 5.82 Å². The molecule has 1 amide bonds. The number of hydrogen-bond acceptors (Lipinski definition) is 6. The smallest absolute Gasteiger partial charge is 0.337 e. The van der Waals surface area contributed by atoms with Crippen molar-refractivity contribution in [3.63, 3.8) is 0 Å². The maximum absolute atomic E-state index is 11.4. The molecule has 2 N–H and O–H groups in total. The lowest BCUT2D eigenvalue weighted by Crippen LogP contribution is -2.18. The zero-order valence-electron chi connectivity index (χ0n) is 10.7. The molecule has 2 aromatic heterocycles. The average molecular weight is 291 g/mol. The first-order valence-corrected chi connectivity index (χ1v) is 5.60. The van der Waals surface area contributed by atoms with E-state index in [4.69, 9.17) is 5.11 Å². The van der Waals surface area contributed by atoms with Crippen LogP contribution in [0, 0.1) is 10.1 Å². The highest BCUT2D eigenvalue weighted by atomic mass is 16.6. The number of rotatable bonds is 4. The molecule has 21 heavy (non-hydrogen) atoms. The topological polar surface area (TPSA) is 140 Å². The number of nitrogens with zero attached hydrogens (tertiary/aromatic N) is 4. The van der Waals surface area contributed by atoms with Crippen LogP contribution in [-0.2, 0) is 0 Å². The number of pyridine rings is 1. The van der Waals surface area contributed by atoms with Crippen LogP contribution in [0.3, 0.4) is 0 Å². The maximum Gasteiger partial charge on any atom is 0.337 e. The summed E-state index contributed by atoms with van der Waals surface area (Å²) >= 11 is 0. The first-order valence-electron chi connectivity index (χ1n) is 5.60. The van der Waals surface area contributed by atoms with Crippen LogP contribution in [0.5, 0.6) is 0 Å². The van der Waals surface area contributed by atoms with Gasteiger partial charge in [-0.3, -0.25) is 14.9 Å². The first-order chi connectivity index (χ1) is 9.93. The highest BCUT2D eigenvalue weighted by Gasteiger charge is 2.21. The lowest BCUT2D eigenvalue weighted by atomic mass is 10.2. The van der Waals surface area contributed by atoms with E-state index in [-0.39, 0.29) is 17.1 Å². The summed E-state index contributed by atoms with van der Waals surface area (Å²) in [6.45, 7) is 0. The zero-order valence-corrected chi connectivity index (χ0v) is 10.7. The van der Waals surface area contributed by atoms with Crippen molar-refractivity contribution in [1.82, 2.24) is 20.1 Å². The molecule has 2 heterocycles. The standard InChI is InChI=1S/C11H9N5O5/c1-12-10(17)7-2-3-15(14-7)9-8(16(20)21)4-6(5-13-9)11(18)19/h2-5H,1H3,(H,12,17)(H,18,19). The Bertz CT molecular complexity index is 738. The molecule has 0 saturated heterocycles. The van der Waals surface area contributed by atoms with E-state index in [2.05, 4.69) is 15.4 Å². The maximum atomic E-state index is 11.4. The van der Waals surface area contributed by atoms with Crippen LogP contribution in [0.2, 0.25) is 0 Å². The van der Waals surface area contributed by atoms with E-state index in [0.29, 0.717) is 0 Å². The van der Waals surface area contributed by atoms with Gasteiger partial charge in [0.05, 0.1) is 10.5 Å². The Labute approximate surface area is 117 Å². The number of aromatic nitrogens is 3. The molecule has 0 aliphatic heterocycles. The summed E-state index contributed by atoms with van der Waals surface area (Å²) in [4.78, 5) is 36.2. The van der Waals surface area contributed by atoms with Crippen molar-refractivity contribution in [3.8, 4) is 5.82 Å². The Balaban J connectivity index is 2.53. The van der Waals surface area contributed by atoms with Crippen LogP contribution in [0.4, 0.5) is 5.69 Å². The van der Waals surface area contributed by atoms with E-state index in [9.17, 15) is 19.7 Å². The molecule has 0 spiro atoms. The second kappa shape index (κ2) is 5.36. The van der Waals surface area contributed by atoms with Crippen molar-refractivity contribution in [2.45, 2.75) is 0 Å². The van der Waals surface area contributed by atoms with Gasteiger partial charge in [0.1, 0.15) is 0 Å². The van der Waals surface area contributed by atoms with Gasteiger partial charge in [-0.05, 0) is 6.07 Å². The molecule has 0 aliphatic rings. The van der Waals surface area contributed by atoms with E-state index < -0.39 is 22.5 Å². The predicted molar refractivity (Wildman–Crippen MR) is 68.4 cm³/mol. The normalized spacial score (nSPS) is 10.1. The van der Waals surface area contributed by atoms with Gasteiger partial charge in [-0.1, -0.05) is 0 Å². The molecular weight excluding hydrogens is 282 g/mol. The van der Waals surface area contributed by atoms with Crippen LogP contribution >= 0.6 is 0 Å². The van der Waals surface area contributed by atoms with E-state index in [1.165, 1.54) is 19.3 Å². The van der Waals surface area contributed by atoms with Crippen molar-refractivity contribution in [2.75, 3.05) is 7.05 Å². The number of carboxylic acid groups (broad SMARTS) is 1. The largest absolute Gasteiger partial charge is 0.478 e. The van der Waals surface area contributed by atoms with Gasteiger partial charge < -0.3 is 10.4 Å². The quantitative estimate of drug-likeness (QED) is 0.606. The number of nitro groups is 1. The van der Waals surface area contributed by atoms with Gasteiger partial charge in [0, 0.05) is 25.5 Å². The minimum absolute atomic E-state index is 0.0518. The van der Waals surface area contributed by atoms with Crippen LogP contribution in [-0.4, -0.2) is 43.7 Å². The Hall–Kier alpha value is -3.30. The van der Waals surface area contributed by atoms with Gasteiger partial charge in [-0.2, -0.15) is 5.10 Å². The van der Waals surface area contributed by atoms with Crippen LogP contribution in [0.15, 0.2) is 24.5 Å². The lowest BCUT2D eigenvalue weighted by Gasteiger charge is -2.03. The number of nitrogens with one attached hydrogen (secondary N) is 1. The molecule has 0 fully saturated rings. The molecule has 2 rings (SSSR count). The van der Waals surface area contributed by atoms with Crippen molar-refractivity contribution >= 4 is 17.6 Å². The number of aromatic carboxylic acids is 1. The molecule has 0 unspecified atom stereocenters. The molecule has 2 aromatic rings. The van der Waals surface area contributed by atoms with E-state index in [0.717, 1.165) is 16.9 Å². The van der Waals surface area contributed by atoms with Gasteiger partial charge in [0.25, 0.3) is 5.91 Å². The van der Waals surface area contributed by atoms with Gasteiger partial charge in [0.15, 0.2) is 5.69 Å². The second-order valence-corrected chi connectivity index (χ2v) is 3.85. The summed E-state index contributed by atoms with van der Waals surface area (Å²) in [5, 5.41) is 26.1. The van der Waals surface area contributed by atoms with Gasteiger partial charge >= 0.3 is 11.7 Å².